The van der Waals surface area contributed by atoms with Gasteiger partial charge >= 0.3 is 0 Å². The quantitative estimate of drug-likeness (QED) is 0.641. The molecule has 1 atom stereocenters. The second kappa shape index (κ2) is 5.64. The summed E-state index contributed by atoms with van der Waals surface area (Å²) in [5, 5.41) is 0. The molecule has 0 spiro atoms. The zero-order valence-electron chi connectivity index (χ0n) is 12.8. The average Bonchev–Trinajstić information content (AvgIpc) is 2.76. The van der Waals surface area contributed by atoms with Crippen LogP contribution < -0.4 is 11.3 Å². The summed E-state index contributed by atoms with van der Waals surface area (Å²) in [5.41, 5.74) is 9.09. The first kappa shape index (κ1) is 14.5. The van der Waals surface area contributed by atoms with Crippen LogP contribution >= 0.6 is 0 Å². The molecule has 0 heterocycles. The summed E-state index contributed by atoms with van der Waals surface area (Å²) < 4.78 is 0. The highest BCUT2D eigenvalue weighted by molar-refractivity contribution is 5.38. The van der Waals surface area contributed by atoms with Crippen LogP contribution in [-0.4, -0.2) is 6.04 Å². The van der Waals surface area contributed by atoms with Gasteiger partial charge in [-0.05, 0) is 62.1 Å². The summed E-state index contributed by atoms with van der Waals surface area (Å²) in [4.78, 5) is 0. The highest BCUT2D eigenvalue weighted by Crippen LogP contribution is 2.41. The SMILES string of the molecule is Cc1cc(C)c(CC(NN)C2(C)CCCC2)c(C)c1. The predicted molar refractivity (Wildman–Crippen MR) is 82.0 cm³/mol. The molecular weight excluding hydrogens is 232 g/mol. The molecule has 1 aromatic carbocycles. The van der Waals surface area contributed by atoms with Crippen LogP contribution in [0.2, 0.25) is 0 Å². The third-order valence-corrected chi connectivity index (χ3v) is 5.04. The van der Waals surface area contributed by atoms with E-state index < -0.39 is 0 Å². The number of hydrazine groups is 1. The van der Waals surface area contributed by atoms with Gasteiger partial charge in [-0.15, -0.1) is 0 Å². The minimum atomic E-state index is 0.360. The van der Waals surface area contributed by atoms with Crippen LogP contribution in [0, 0.1) is 26.2 Å². The van der Waals surface area contributed by atoms with E-state index in [0.29, 0.717) is 11.5 Å². The Hall–Kier alpha value is -0.860. The number of benzene rings is 1. The molecular formula is C17H28N2. The fourth-order valence-electron chi connectivity index (χ4n) is 3.77. The van der Waals surface area contributed by atoms with Gasteiger partial charge in [-0.2, -0.15) is 0 Å². The van der Waals surface area contributed by atoms with Gasteiger partial charge in [-0.1, -0.05) is 37.5 Å². The van der Waals surface area contributed by atoms with Gasteiger partial charge in [0.1, 0.15) is 0 Å². The maximum Gasteiger partial charge on any atom is 0.0304 e. The lowest BCUT2D eigenvalue weighted by Gasteiger charge is -2.34. The van der Waals surface area contributed by atoms with Crippen molar-refractivity contribution in [1.82, 2.24) is 5.43 Å². The van der Waals surface area contributed by atoms with Crippen LogP contribution in [0.1, 0.15) is 54.9 Å². The molecule has 0 radical (unpaired) electrons. The minimum Gasteiger partial charge on any atom is -0.271 e. The molecule has 2 heteroatoms. The van der Waals surface area contributed by atoms with E-state index in [1.807, 2.05) is 0 Å². The normalized spacial score (nSPS) is 19.6. The van der Waals surface area contributed by atoms with Crippen molar-refractivity contribution >= 4 is 0 Å². The van der Waals surface area contributed by atoms with Gasteiger partial charge in [0, 0.05) is 6.04 Å². The Balaban J connectivity index is 2.23. The van der Waals surface area contributed by atoms with Crippen LogP contribution in [0.25, 0.3) is 0 Å². The third-order valence-electron chi connectivity index (χ3n) is 5.04. The number of nitrogens with two attached hydrogens (primary N) is 1. The molecule has 0 aliphatic heterocycles. The van der Waals surface area contributed by atoms with Crippen LogP contribution in [0.4, 0.5) is 0 Å². The molecule has 0 amide bonds. The summed E-state index contributed by atoms with van der Waals surface area (Å²) in [6.45, 7) is 9.00. The number of hydrogen-bond donors (Lipinski definition) is 2. The summed E-state index contributed by atoms with van der Waals surface area (Å²) in [7, 11) is 0. The van der Waals surface area contributed by atoms with Crippen LogP contribution in [0.15, 0.2) is 12.1 Å². The van der Waals surface area contributed by atoms with Gasteiger partial charge in [0.15, 0.2) is 0 Å². The van der Waals surface area contributed by atoms with Crippen molar-refractivity contribution in [3.05, 3.63) is 34.4 Å². The molecule has 1 aromatic rings. The number of hydrogen-bond acceptors (Lipinski definition) is 2. The molecule has 3 N–H and O–H groups in total. The molecule has 106 valence electrons. The Morgan fingerprint density at radius 2 is 1.68 bits per heavy atom. The Labute approximate surface area is 117 Å². The van der Waals surface area contributed by atoms with Gasteiger partial charge in [0.25, 0.3) is 0 Å². The van der Waals surface area contributed by atoms with E-state index in [0.717, 1.165) is 6.42 Å². The van der Waals surface area contributed by atoms with E-state index in [4.69, 9.17) is 5.84 Å². The largest absolute Gasteiger partial charge is 0.271 e. The van der Waals surface area contributed by atoms with Crippen molar-refractivity contribution in [3.8, 4) is 0 Å². The van der Waals surface area contributed by atoms with Crippen molar-refractivity contribution in [1.29, 1.82) is 0 Å². The molecule has 1 saturated carbocycles. The fraction of sp³-hybridized carbons (Fsp3) is 0.647. The maximum atomic E-state index is 5.87. The van der Waals surface area contributed by atoms with Crippen LogP contribution in [-0.2, 0) is 6.42 Å². The summed E-state index contributed by atoms with van der Waals surface area (Å²) in [6, 6.07) is 4.95. The lowest BCUT2D eigenvalue weighted by molar-refractivity contribution is 0.220. The molecule has 0 bridgehead atoms. The fourth-order valence-corrected chi connectivity index (χ4v) is 3.77. The van der Waals surface area contributed by atoms with Crippen LogP contribution in [0.5, 0.6) is 0 Å². The van der Waals surface area contributed by atoms with E-state index in [1.165, 1.54) is 47.9 Å². The topological polar surface area (TPSA) is 38.0 Å². The predicted octanol–water partition coefficient (Wildman–Crippen LogP) is 3.57. The highest BCUT2D eigenvalue weighted by atomic mass is 15.2. The number of rotatable bonds is 4. The van der Waals surface area contributed by atoms with Gasteiger partial charge in [0.05, 0.1) is 0 Å². The molecule has 1 fully saturated rings. The van der Waals surface area contributed by atoms with Crippen LogP contribution in [0.3, 0.4) is 0 Å². The average molecular weight is 260 g/mol. The van der Waals surface area contributed by atoms with E-state index in [-0.39, 0.29) is 0 Å². The van der Waals surface area contributed by atoms with Crippen molar-refractivity contribution < 1.29 is 0 Å². The number of nitrogens with one attached hydrogen (secondary N) is 1. The van der Waals surface area contributed by atoms with Crippen molar-refractivity contribution in [2.24, 2.45) is 11.3 Å². The number of aryl methyl sites for hydroxylation is 3. The molecule has 1 unspecified atom stereocenters. The van der Waals surface area contributed by atoms with E-state index in [1.54, 1.807) is 0 Å². The zero-order valence-corrected chi connectivity index (χ0v) is 12.8. The molecule has 19 heavy (non-hydrogen) atoms. The molecule has 1 aliphatic carbocycles. The first-order valence-electron chi connectivity index (χ1n) is 7.49. The second-order valence-corrected chi connectivity index (χ2v) is 6.66. The molecule has 0 saturated heterocycles. The first-order valence-corrected chi connectivity index (χ1v) is 7.49. The standard InChI is InChI=1S/C17H28N2/c1-12-9-13(2)15(14(3)10-12)11-16(19-18)17(4)7-5-6-8-17/h9-10,16,19H,5-8,11,18H2,1-4H3. The summed E-state index contributed by atoms with van der Waals surface area (Å²) in [6.07, 6.45) is 6.34. The highest BCUT2D eigenvalue weighted by Gasteiger charge is 2.36. The Kier molecular flexibility index (Phi) is 4.32. The van der Waals surface area contributed by atoms with Gasteiger partial charge in [-0.3, -0.25) is 11.3 Å². The molecule has 0 aromatic heterocycles. The molecule has 2 rings (SSSR count). The molecule has 2 nitrogen and oxygen atoms in total. The zero-order chi connectivity index (χ0) is 14.0. The van der Waals surface area contributed by atoms with E-state index >= 15 is 0 Å². The monoisotopic (exact) mass is 260 g/mol. The Bertz CT molecular complexity index is 422. The van der Waals surface area contributed by atoms with E-state index in [9.17, 15) is 0 Å². The smallest absolute Gasteiger partial charge is 0.0304 e. The Morgan fingerprint density at radius 3 is 2.16 bits per heavy atom. The second-order valence-electron chi connectivity index (χ2n) is 6.66. The van der Waals surface area contributed by atoms with Gasteiger partial charge in [-0.25, -0.2) is 0 Å². The van der Waals surface area contributed by atoms with Crippen molar-refractivity contribution in [2.75, 3.05) is 0 Å². The summed E-state index contributed by atoms with van der Waals surface area (Å²) >= 11 is 0. The van der Waals surface area contributed by atoms with Crippen molar-refractivity contribution in [2.45, 2.75) is 65.8 Å². The van der Waals surface area contributed by atoms with Crippen molar-refractivity contribution in [3.63, 3.8) is 0 Å². The minimum absolute atomic E-state index is 0.360. The lowest BCUT2D eigenvalue weighted by Crippen LogP contribution is -2.47. The van der Waals surface area contributed by atoms with Gasteiger partial charge < -0.3 is 0 Å². The lowest BCUT2D eigenvalue weighted by atomic mass is 9.77. The maximum absolute atomic E-state index is 5.87. The van der Waals surface area contributed by atoms with E-state index in [2.05, 4.69) is 45.3 Å². The van der Waals surface area contributed by atoms with Gasteiger partial charge in [0.2, 0.25) is 0 Å². The first-order chi connectivity index (χ1) is 8.96. The summed E-state index contributed by atoms with van der Waals surface area (Å²) in [5.74, 6) is 5.87. The molecule has 1 aliphatic rings. The Morgan fingerprint density at radius 1 is 1.16 bits per heavy atom. The third kappa shape index (κ3) is 3.01.